The number of hydrogen-bond acceptors (Lipinski definition) is 2. The van der Waals surface area contributed by atoms with Gasteiger partial charge in [-0.15, -0.1) is 0 Å². The van der Waals surface area contributed by atoms with Crippen LogP contribution in [0.1, 0.15) is 6.42 Å². The molecule has 1 aliphatic heterocycles. The highest BCUT2D eigenvalue weighted by atomic mass is 32.1. The summed E-state index contributed by atoms with van der Waals surface area (Å²) in [6.07, 6.45) is 0.155. The first-order chi connectivity index (χ1) is 5.20. The van der Waals surface area contributed by atoms with Crippen molar-refractivity contribution >= 4 is 23.3 Å². The number of nitrogens with one attached hydrogen (secondary N) is 1. The summed E-state index contributed by atoms with van der Waals surface area (Å²) in [5.41, 5.74) is 0. The lowest BCUT2D eigenvalue weighted by Gasteiger charge is -2.13. The van der Waals surface area contributed by atoms with E-state index in [1.807, 2.05) is 4.90 Å². The predicted molar refractivity (Wildman–Crippen MR) is 44.4 cm³/mol. The lowest BCUT2D eigenvalue weighted by atomic mass is 10.4. The highest BCUT2D eigenvalue weighted by Crippen LogP contribution is 1.97. The van der Waals surface area contributed by atoms with E-state index in [0.717, 1.165) is 13.1 Å². The number of aliphatic carboxylic acids is 1. The minimum Gasteiger partial charge on any atom is -0.481 e. The highest BCUT2D eigenvalue weighted by Gasteiger charge is 2.15. The van der Waals surface area contributed by atoms with Crippen LogP contribution in [-0.2, 0) is 4.79 Å². The van der Waals surface area contributed by atoms with E-state index in [-0.39, 0.29) is 6.42 Å². The quantitative estimate of drug-likeness (QED) is 0.573. The highest BCUT2D eigenvalue weighted by molar-refractivity contribution is 7.80. The maximum absolute atomic E-state index is 10.2. The monoisotopic (exact) mass is 174 g/mol. The zero-order valence-corrected chi connectivity index (χ0v) is 6.86. The van der Waals surface area contributed by atoms with Crippen molar-refractivity contribution < 1.29 is 9.90 Å². The van der Waals surface area contributed by atoms with Gasteiger partial charge >= 0.3 is 5.97 Å². The Morgan fingerprint density at radius 3 is 3.00 bits per heavy atom. The van der Waals surface area contributed by atoms with Gasteiger partial charge in [-0.05, 0) is 12.2 Å². The molecule has 1 heterocycles. The van der Waals surface area contributed by atoms with Crippen molar-refractivity contribution in [3.05, 3.63) is 0 Å². The first-order valence-corrected chi connectivity index (χ1v) is 3.85. The Bertz CT molecular complexity index is 183. The third kappa shape index (κ3) is 2.34. The van der Waals surface area contributed by atoms with E-state index in [4.69, 9.17) is 17.3 Å². The molecule has 0 saturated carbocycles. The van der Waals surface area contributed by atoms with E-state index in [9.17, 15) is 4.79 Å². The number of nitrogens with zero attached hydrogens (tertiary/aromatic N) is 1. The number of thiocarbonyl (C=S) groups is 1. The van der Waals surface area contributed by atoms with Crippen molar-refractivity contribution in [1.29, 1.82) is 0 Å². The number of rotatable bonds is 3. The molecule has 0 atom stereocenters. The molecule has 0 aliphatic carbocycles. The largest absolute Gasteiger partial charge is 0.481 e. The number of carboxylic acid groups (broad SMARTS) is 1. The van der Waals surface area contributed by atoms with Crippen LogP contribution in [0.25, 0.3) is 0 Å². The van der Waals surface area contributed by atoms with Crippen molar-refractivity contribution in [3.63, 3.8) is 0 Å². The van der Waals surface area contributed by atoms with E-state index in [0.29, 0.717) is 11.7 Å². The first-order valence-electron chi connectivity index (χ1n) is 3.45. The van der Waals surface area contributed by atoms with E-state index in [1.165, 1.54) is 0 Å². The van der Waals surface area contributed by atoms with Gasteiger partial charge in [0.15, 0.2) is 5.11 Å². The second-order valence-electron chi connectivity index (χ2n) is 2.36. The van der Waals surface area contributed by atoms with Gasteiger partial charge in [0.2, 0.25) is 0 Å². The first kappa shape index (κ1) is 8.26. The lowest BCUT2D eigenvalue weighted by Crippen LogP contribution is -2.29. The second kappa shape index (κ2) is 3.52. The average molecular weight is 174 g/mol. The Labute approximate surface area is 70.2 Å². The molecular weight excluding hydrogens is 164 g/mol. The molecule has 0 radical (unpaired) electrons. The van der Waals surface area contributed by atoms with Gasteiger partial charge < -0.3 is 15.3 Å². The van der Waals surface area contributed by atoms with E-state index in [1.54, 1.807) is 0 Å². The summed E-state index contributed by atoms with van der Waals surface area (Å²) < 4.78 is 0. The van der Waals surface area contributed by atoms with Crippen LogP contribution in [0.5, 0.6) is 0 Å². The summed E-state index contributed by atoms with van der Waals surface area (Å²) in [5.74, 6) is -0.778. The van der Waals surface area contributed by atoms with Crippen LogP contribution in [0, 0.1) is 0 Å². The SMILES string of the molecule is O=C(O)CCN1CCNC1=S. The molecule has 1 rings (SSSR count). The summed E-state index contributed by atoms with van der Waals surface area (Å²) in [7, 11) is 0. The minimum atomic E-state index is -0.778. The van der Waals surface area contributed by atoms with Gasteiger partial charge in [-0.2, -0.15) is 0 Å². The summed E-state index contributed by atoms with van der Waals surface area (Å²) in [6.45, 7) is 2.17. The molecular formula is C6H10N2O2S. The van der Waals surface area contributed by atoms with Crippen molar-refractivity contribution in [2.24, 2.45) is 0 Å². The Balaban J connectivity index is 2.26. The van der Waals surface area contributed by atoms with Gasteiger partial charge in [0, 0.05) is 19.6 Å². The van der Waals surface area contributed by atoms with Gasteiger partial charge in [0.1, 0.15) is 0 Å². The van der Waals surface area contributed by atoms with Gasteiger partial charge in [0.05, 0.1) is 6.42 Å². The van der Waals surface area contributed by atoms with Crippen LogP contribution in [-0.4, -0.2) is 40.7 Å². The van der Waals surface area contributed by atoms with Crippen LogP contribution in [0.3, 0.4) is 0 Å². The summed E-state index contributed by atoms with van der Waals surface area (Å²) in [6, 6.07) is 0. The molecule has 1 saturated heterocycles. The molecule has 0 aromatic carbocycles. The smallest absolute Gasteiger partial charge is 0.305 e. The zero-order chi connectivity index (χ0) is 8.27. The predicted octanol–water partition coefficient (Wildman–Crippen LogP) is -0.349. The molecule has 0 bridgehead atoms. The van der Waals surface area contributed by atoms with Crippen molar-refractivity contribution in [3.8, 4) is 0 Å². The summed E-state index contributed by atoms with van der Waals surface area (Å²) in [5, 5.41) is 12.0. The topological polar surface area (TPSA) is 52.6 Å². The molecule has 2 N–H and O–H groups in total. The summed E-state index contributed by atoms with van der Waals surface area (Å²) in [4.78, 5) is 12.0. The fourth-order valence-corrected chi connectivity index (χ4v) is 1.24. The molecule has 0 amide bonds. The Morgan fingerprint density at radius 2 is 2.55 bits per heavy atom. The van der Waals surface area contributed by atoms with Crippen LogP contribution >= 0.6 is 12.2 Å². The molecule has 4 nitrogen and oxygen atoms in total. The molecule has 0 unspecified atom stereocenters. The van der Waals surface area contributed by atoms with Crippen molar-refractivity contribution in [2.45, 2.75) is 6.42 Å². The van der Waals surface area contributed by atoms with Gasteiger partial charge in [-0.1, -0.05) is 0 Å². The standard InChI is InChI=1S/C6H10N2O2S/c9-5(10)1-3-8-4-2-7-6(8)11/h1-4H2,(H,7,11)(H,9,10). The van der Waals surface area contributed by atoms with Gasteiger partial charge in [-0.3, -0.25) is 4.79 Å². The zero-order valence-electron chi connectivity index (χ0n) is 6.04. The Kier molecular flexibility index (Phi) is 2.64. The summed E-state index contributed by atoms with van der Waals surface area (Å²) >= 11 is 4.91. The fraction of sp³-hybridized carbons (Fsp3) is 0.667. The fourth-order valence-electron chi connectivity index (χ4n) is 0.955. The van der Waals surface area contributed by atoms with E-state index in [2.05, 4.69) is 5.32 Å². The maximum atomic E-state index is 10.2. The van der Waals surface area contributed by atoms with Crippen molar-refractivity contribution in [2.75, 3.05) is 19.6 Å². The molecule has 62 valence electrons. The molecule has 11 heavy (non-hydrogen) atoms. The molecule has 5 heteroatoms. The number of carbonyl (C=O) groups is 1. The van der Waals surface area contributed by atoms with E-state index >= 15 is 0 Å². The molecule has 0 aromatic rings. The molecule has 1 aliphatic rings. The third-order valence-electron chi connectivity index (χ3n) is 1.54. The Morgan fingerprint density at radius 1 is 1.82 bits per heavy atom. The second-order valence-corrected chi connectivity index (χ2v) is 2.75. The van der Waals surface area contributed by atoms with Crippen molar-refractivity contribution in [1.82, 2.24) is 10.2 Å². The van der Waals surface area contributed by atoms with Crippen LogP contribution in [0.2, 0.25) is 0 Å². The molecule has 0 aromatic heterocycles. The Hall–Kier alpha value is -0.840. The third-order valence-corrected chi connectivity index (χ3v) is 1.94. The average Bonchev–Trinajstić information content (AvgIpc) is 2.31. The van der Waals surface area contributed by atoms with Crippen LogP contribution < -0.4 is 5.32 Å². The van der Waals surface area contributed by atoms with Crippen LogP contribution in [0.15, 0.2) is 0 Å². The molecule has 1 fully saturated rings. The van der Waals surface area contributed by atoms with Gasteiger partial charge in [0.25, 0.3) is 0 Å². The minimum absolute atomic E-state index is 0.155. The molecule has 0 spiro atoms. The maximum Gasteiger partial charge on any atom is 0.305 e. The van der Waals surface area contributed by atoms with E-state index < -0.39 is 5.97 Å². The lowest BCUT2D eigenvalue weighted by molar-refractivity contribution is -0.137. The van der Waals surface area contributed by atoms with Crippen LogP contribution in [0.4, 0.5) is 0 Å². The number of hydrogen-bond donors (Lipinski definition) is 2. The van der Waals surface area contributed by atoms with Gasteiger partial charge in [-0.25, -0.2) is 0 Å². The normalized spacial score (nSPS) is 16.7. The number of carboxylic acids is 1.